The molecule has 0 aliphatic carbocycles. The Bertz CT molecular complexity index is 794. The quantitative estimate of drug-likeness (QED) is 0.296. The molecule has 0 N–H and O–H groups in total. The van der Waals surface area contributed by atoms with Gasteiger partial charge in [-0.3, -0.25) is 0 Å². The minimum atomic E-state index is -5.72. The SMILES string of the molecule is O=P([O-])([O-])[O-].[Ag+3].[S]=[Re](=[S])(=[S])(=[S])(=[S])(=[S])=[S]. The van der Waals surface area contributed by atoms with Crippen LogP contribution in [-0.2, 0) is 26.3 Å². The molecule has 0 amide bonds. The fourth-order valence-electron chi connectivity index (χ4n) is 0. The minimum absolute atomic E-state index is 0. The topological polar surface area (TPSA) is 86.2 Å². The molecule has 0 fully saturated rings. The van der Waals surface area contributed by atoms with Gasteiger partial charge in [-0.15, -0.1) is 0 Å². The van der Waals surface area contributed by atoms with E-state index in [0.717, 1.165) is 0 Å². The molecule has 0 unspecified atom stereocenters. The molecular weight excluding hydrogens is 614 g/mol. The molecule has 4 nitrogen and oxygen atoms in total. The molecule has 0 saturated heterocycles. The summed E-state index contributed by atoms with van der Waals surface area (Å²) in [6.45, 7) is 0. The predicted octanol–water partition coefficient (Wildman–Crippen LogP) is 1.71. The molecule has 0 saturated carbocycles. The van der Waals surface area contributed by atoms with Crippen LogP contribution < -0.4 is 14.7 Å². The van der Waals surface area contributed by atoms with E-state index in [2.05, 4.69) is 69.6 Å². The Morgan fingerprint density at radius 3 is 0.786 bits per heavy atom. The summed E-state index contributed by atoms with van der Waals surface area (Å²) in [5.41, 5.74) is 0. The third kappa shape index (κ3) is 319. The van der Waals surface area contributed by atoms with Crippen LogP contribution in [0.5, 0.6) is 0 Å². The van der Waals surface area contributed by atoms with Gasteiger partial charge in [0.1, 0.15) is 0 Å². The zero-order valence-corrected chi connectivity index (χ0v) is 16.4. The maximum absolute atomic E-state index is 8.55. The normalized spacial score (nSPS) is 15.7. The van der Waals surface area contributed by atoms with Crippen molar-refractivity contribution in [3.63, 3.8) is 0 Å². The van der Waals surface area contributed by atoms with E-state index in [9.17, 15) is 0 Å². The first-order valence-corrected chi connectivity index (χ1v) is 28.7. The third-order valence-corrected chi connectivity index (χ3v) is 0. The van der Waals surface area contributed by atoms with Crippen LogP contribution >= 0.6 is 77.4 Å². The Balaban J connectivity index is -0.000000177. The van der Waals surface area contributed by atoms with Gasteiger partial charge < -0.3 is 19.2 Å². The van der Waals surface area contributed by atoms with E-state index in [0.29, 0.717) is 0 Å². The van der Waals surface area contributed by atoms with Gasteiger partial charge in [0.15, 0.2) is 0 Å². The van der Waals surface area contributed by atoms with Crippen molar-refractivity contribution >= 4 is 77.4 Å². The molecule has 0 spiro atoms. The monoisotopic (exact) mass is 613 g/mol. The Morgan fingerprint density at radius 1 is 0.786 bits per heavy atom. The van der Waals surface area contributed by atoms with E-state index < -0.39 is 7.17 Å². The van der Waals surface area contributed by atoms with Crippen molar-refractivity contribution in [3.05, 3.63) is 0 Å². The Labute approximate surface area is 116 Å². The molecule has 14 heavy (non-hydrogen) atoms. The van der Waals surface area contributed by atoms with E-state index in [1.165, 1.54) is 0 Å². The second-order valence-electron chi connectivity index (χ2n) is 1.77. The number of rotatable bonds is 0. The Kier molecular flexibility index (Phi) is 6.40. The average molecular weight is 614 g/mol. The van der Waals surface area contributed by atoms with Crippen molar-refractivity contribution < 1.29 is 41.0 Å². The van der Waals surface area contributed by atoms with Crippen molar-refractivity contribution in [2.75, 3.05) is 0 Å². The van der Waals surface area contributed by atoms with E-state index >= 15 is 0 Å². The van der Waals surface area contributed by atoms with E-state index in [-0.39, 0.29) is 22.4 Å². The molecule has 0 heterocycles. The fraction of sp³-hybridized carbons (Fsp3) is 0. The second kappa shape index (κ2) is 4.03. The summed E-state index contributed by atoms with van der Waals surface area (Å²) in [5, 5.41) is 0. The van der Waals surface area contributed by atoms with Crippen LogP contribution in [-0.4, -0.2) is 0 Å². The van der Waals surface area contributed by atoms with Gasteiger partial charge in [-0.25, -0.2) is 0 Å². The number of phosphoric acid groups is 1. The standard InChI is InChI=1S/Ag.H3O4P.Re.7S/c;1-5(2,3)4;;;;;;;;/h;(H3,1,2,3,4);;;;;;;;/q+3;;;;;;;;;/p-3. The van der Waals surface area contributed by atoms with Crippen molar-refractivity contribution in [3.8, 4) is 0 Å². The van der Waals surface area contributed by atoms with Gasteiger partial charge in [0.2, 0.25) is 0 Å². The summed E-state index contributed by atoms with van der Waals surface area (Å²) in [7, 11) is 26.2. The fourth-order valence-corrected chi connectivity index (χ4v) is 0. The van der Waals surface area contributed by atoms with Gasteiger partial charge in [-0.05, 0) is 0 Å². The first-order chi connectivity index (χ1) is 4.65. The summed E-state index contributed by atoms with van der Waals surface area (Å²) in [6, 6.07) is 0. The molecule has 0 bridgehead atoms. The van der Waals surface area contributed by atoms with Crippen molar-refractivity contribution in [2.45, 2.75) is 0 Å². The van der Waals surface area contributed by atoms with Gasteiger partial charge in [0, 0.05) is 0 Å². The van der Waals surface area contributed by atoms with Crippen LogP contribution in [0.2, 0.25) is 0 Å². The zero-order valence-electron chi connectivity index (χ0n) is 5.62. The third-order valence-electron chi connectivity index (χ3n) is 0. The van der Waals surface area contributed by atoms with Crippen molar-refractivity contribution in [1.29, 1.82) is 0 Å². The zero-order chi connectivity index (χ0) is 11.9. The summed E-state index contributed by atoms with van der Waals surface area (Å²) in [6.07, 6.45) is 0. The summed E-state index contributed by atoms with van der Waals surface area (Å²) in [5.74, 6) is 0. The Morgan fingerprint density at radius 2 is 0.786 bits per heavy atom. The summed E-state index contributed by atoms with van der Waals surface area (Å²) in [4.78, 5) is 25.6. The van der Waals surface area contributed by atoms with Crippen LogP contribution in [0.25, 0.3) is 0 Å². The van der Waals surface area contributed by atoms with E-state index in [4.69, 9.17) is 19.2 Å². The van der Waals surface area contributed by atoms with Gasteiger partial charge in [0.25, 0.3) is 0 Å². The average Bonchev–Trinajstić information content (AvgIpc) is 1.01. The van der Waals surface area contributed by atoms with Crippen LogP contribution in [0, 0.1) is 0 Å². The van der Waals surface area contributed by atoms with Crippen molar-refractivity contribution in [2.24, 2.45) is 0 Å². The first-order valence-electron chi connectivity index (χ1n) is 1.81. The Hall–Kier alpha value is 3.05. The molecule has 89 valence electrons. The molecule has 0 rings (SSSR count). The van der Waals surface area contributed by atoms with Gasteiger partial charge in [0.05, 0.1) is 0 Å². The summed E-state index contributed by atoms with van der Waals surface area (Å²) >= 11 is 0. The second-order valence-corrected chi connectivity index (χ2v) is 98.8. The number of hydrogen-bond donors (Lipinski definition) is 0. The van der Waals surface area contributed by atoms with Crippen LogP contribution in [0.4, 0.5) is 0 Å². The maximum atomic E-state index is 8.55. The number of hydrogen-bond acceptors (Lipinski definition) is 11. The van der Waals surface area contributed by atoms with Crippen LogP contribution in [0.1, 0.15) is 0 Å². The van der Waals surface area contributed by atoms with Gasteiger partial charge in [-0.2, -0.15) is 7.82 Å². The van der Waals surface area contributed by atoms with E-state index in [1.54, 1.807) is 0 Å². The van der Waals surface area contributed by atoms with E-state index in [1.807, 2.05) is 0 Å². The molecule has 0 radical (unpaired) electrons. The molecule has 0 aromatic heterocycles. The molecule has 0 aliphatic rings. The van der Waals surface area contributed by atoms with Crippen LogP contribution in [0.3, 0.4) is 0 Å². The predicted molar refractivity (Wildman–Crippen MR) is 60.7 cm³/mol. The van der Waals surface area contributed by atoms with Gasteiger partial charge >= 0.3 is 91.3 Å². The molecule has 0 aliphatic heterocycles. The van der Waals surface area contributed by atoms with Gasteiger partial charge in [-0.1, -0.05) is 0 Å². The molecule has 0 aromatic carbocycles. The van der Waals surface area contributed by atoms with Crippen molar-refractivity contribution in [1.82, 2.24) is 0 Å². The first kappa shape index (κ1) is 22.3. The molecular formula is AgO4PReS7. The molecule has 0 atom stereocenters. The summed E-state index contributed by atoms with van der Waals surface area (Å²) < 4.78 is 2.83. The molecule has 14 heteroatoms. The van der Waals surface area contributed by atoms with Crippen LogP contribution in [0.15, 0.2) is 0 Å². The molecule has 0 aromatic rings.